The summed E-state index contributed by atoms with van der Waals surface area (Å²) in [6.45, 7) is 2.52. The lowest BCUT2D eigenvalue weighted by atomic mass is 10.0. The summed E-state index contributed by atoms with van der Waals surface area (Å²) in [6, 6.07) is 9.82. The first kappa shape index (κ1) is 24.7. The molecule has 2 aromatic carbocycles. The van der Waals surface area contributed by atoms with Gasteiger partial charge in [-0.1, -0.05) is 23.7 Å². The first-order valence-corrected chi connectivity index (χ1v) is 13.9. The SMILES string of the molecule is Cc1ncc2n1C(=O)N(C1CCN(C(=O)C(CO)CS(=O)(=O)c3ccc4cc(Cl)ccc4c3)CC1)C2. The third-order valence-corrected chi connectivity index (χ3v) is 9.17. The normalized spacial score (nSPS) is 17.6. The molecule has 2 aliphatic rings. The number of aliphatic hydroxyl groups is 1. The highest BCUT2D eigenvalue weighted by molar-refractivity contribution is 7.91. The van der Waals surface area contributed by atoms with E-state index in [0.717, 1.165) is 16.5 Å². The third kappa shape index (κ3) is 4.49. The number of benzene rings is 2. The summed E-state index contributed by atoms with van der Waals surface area (Å²) in [6.07, 6.45) is 2.89. The minimum Gasteiger partial charge on any atom is -0.396 e. The van der Waals surface area contributed by atoms with Crippen molar-refractivity contribution in [2.24, 2.45) is 5.92 Å². The Balaban J connectivity index is 1.23. The Labute approximate surface area is 214 Å². The zero-order chi connectivity index (χ0) is 25.6. The lowest BCUT2D eigenvalue weighted by Crippen LogP contribution is -2.49. The van der Waals surface area contributed by atoms with Crippen molar-refractivity contribution in [3.8, 4) is 0 Å². The van der Waals surface area contributed by atoms with E-state index in [1.54, 1.807) is 52.9 Å². The summed E-state index contributed by atoms with van der Waals surface area (Å²) in [5.41, 5.74) is 0.860. The minimum atomic E-state index is -3.82. The maximum atomic E-state index is 13.2. The highest BCUT2D eigenvalue weighted by Crippen LogP contribution is 2.28. The number of aliphatic hydroxyl groups excluding tert-OH is 1. The van der Waals surface area contributed by atoms with Crippen molar-refractivity contribution in [1.29, 1.82) is 0 Å². The Morgan fingerprint density at radius 2 is 1.86 bits per heavy atom. The lowest BCUT2D eigenvalue weighted by molar-refractivity contribution is -0.137. The van der Waals surface area contributed by atoms with Crippen LogP contribution in [0.25, 0.3) is 10.8 Å². The zero-order valence-corrected chi connectivity index (χ0v) is 21.4. The second-order valence-corrected chi connectivity index (χ2v) is 11.9. The number of aromatic nitrogens is 2. The number of fused-ring (bicyclic) bond motifs is 2. The molecule has 5 rings (SSSR count). The summed E-state index contributed by atoms with van der Waals surface area (Å²) in [4.78, 5) is 33.7. The van der Waals surface area contributed by atoms with Gasteiger partial charge in [0, 0.05) is 24.2 Å². The van der Waals surface area contributed by atoms with Crippen molar-refractivity contribution < 1.29 is 23.1 Å². The Hall–Kier alpha value is -2.95. The molecule has 1 fully saturated rings. The van der Waals surface area contributed by atoms with E-state index in [1.165, 1.54) is 6.07 Å². The van der Waals surface area contributed by atoms with Crippen molar-refractivity contribution in [3.05, 3.63) is 59.1 Å². The van der Waals surface area contributed by atoms with Crippen molar-refractivity contribution in [3.63, 3.8) is 0 Å². The summed E-state index contributed by atoms with van der Waals surface area (Å²) < 4.78 is 27.8. The Kier molecular flexibility index (Phi) is 6.52. The molecule has 1 atom stereocenters. The van der Waals surface area contributed by atoms with E-state index in [9.17, 15) is 23.1 Å². The maximum Gasteiger partial charge on any atom is 0.330 e. The van der Waals surface area contributed by atoms with Crippen molar-refractivity contribution in [2.75, 3.05) is 25.4 Å². The quantitative estimate of drug-likeness (QED) is 0.524. The molecule has 3 aromatic rings. The van der Waals surface area contributed by atoms with Gasteiger partial charge in [0.15, 0.2) is 9.84 Å². The van der Waals surface area contributed by atoms with Gasteiger partial charge in [0.1, 0.15) is 5.82 Å². The molecule has 36 heavy (non-hydrogen) atoms. The van der Waals surface area contributed by atoms with E-state index in [1.807, 2.05) is 4.90 Å². The van der Waals surface area contributed by atoms with Crippen LogP contribution in [0.3, 0.4) is 0 Å². The van der Waals surface area contributed by atoms with Gasteiger partial charge in [-0.15, -0.1) is 0 Å². The fourth-order valence-electron chi connectivity index (χ4n) is 5.13. The fourth-order valence-corrected chi connectivity index (χ4v) is 6.86. The van der Waals surface area contributed by atoms with Crippen LogP contribution in [0.15, 0.2) is 47.5 Å². The van der Waals surface area contributed by atoms with Gasteiger partial charge in [-0.25, -0.2) is 18.2 Å². The molecule has 1 N–H and O–H groups in total. The van der Waals surface area contributed by atoms with E-state index in [-0.39, 0.29) is 22.9 Å². The van der Waals surface area contributed by atoms with Crippen LogP contribution in [0.2, 0.25) is 5.02 Å². The molecule has 1 saturated heterocycles. The predicted molar refractivity (Wildman–Crippen MR) is 134 cm³/mol. The second-order valence-electron chi connectivity index (χ2n) is 9.41. The van der Waals surface area contributed by atoms with Gasteiger partial charge >= 0.3 is 6.03 Å². The van der Waals surface area contributed by atoms with Crippen LogP contribution < -0.4 is 0 Å². The average molecular weight is 531 g/mol. The van der Waals surface area contributed by atoms with E-state index in [4.69, 9.17) is 11.6 Å². The van der Waals surface area contributed by atoms with Gasteiger partial charge in [-0.3, -0.25) is 9.36 Å². The van der Waals surface area contributed by atoms with Crippen LogP contribution >= 0.6 is 11.6 Å². The third-order valence-electron chi connectivity index (χ3n) is 7.12. The molecule has 1 aromatic heterocycles. The van der Waals surface area contributed by atoms with E-state index in [0.29, 0.717) is 43.3 Å². The Morgan fingerprint density at radius 3 is 2.56 bits per heavy atom. The van der Waals surface area contributed by atoms with Crippen LogP contribution in [0.1, 0.15) is 24.4 Å². The summed E-state index contributed by atoms with van der Waals surface area (Å²) in [5, 5.41) is 12.0. The number of carbonyl (C=O) groups excluding carboxylic acids is 2. The number of amides is 2. The molecule has 3 heterocycles. The molecular weight excluding hydrogens is 504 g/mol. The molecule has 2 aliphatic heterocycles. The first-order valence-electron chi connectivity index (χ1n) is 11.8. The van der Waals surface area contributed by atoms with Gasteiger partial charge in [-0.05, 0) is 54.8 Å². The predicted octanol–water partition coefficient (Wildman–Crippen LogP) is 2.86. The molecule has 190 valence electrons. The molecule has 0 aliphatic carbocycles. The topological polar surface area (TPSA) is 113 Å². The van der Waals surface area contributed by atoms with Gasteiger partial charge in [0.05, 0.1) is 41.6 Å². The summed E-state index contributed by atoms with van der Waals surface area (Å²) in [5.74, 6) is -1.26. The van der Waals surface area contributed by atoms with E-state index in [2.05, 4.69) is 4.98 Å². The number of likely N-dealkylation sites (tertiary alicyclic amines) is 1. The van der Waals surface area contributed by atoms with E-state index < -0.39 is 28.1 Å². The summed E-state index contributed by atoms with van der Waals surface area (Å²) >= 11 is 6.01. The number of piperidine rings is 1. The smallest absolute Gasteiger partial charge is 0.330 e. The van der Waals surface area contributed by atoms with Crippen molar-refractivity contribution in [2.45, 2.75) is 37.2 Å². The average Bonchev–Trinajstić information content (AvgIpc) is 3.41. The molecule has 2 amide bonds. The number of carbonyl (C=O) groups is 2. The minimum absolute atomic E-state index is 0.0109. The molecule has 0 bridgehead atoms. The molecule has 1 unspecified atom stereocenters. The van der Waals surface area contributed by atoms with Crippen LogP contribution in [0, 0.1) is 12.8 Å². The molecular formula is C25H27ClN4O5S. The van der Waals surface area contributed by atoms with Crippen LogP contribution in [-0.4, -0.2) is 76.3 Å². The Bertz CT molecular complexity index is 1450. The van der Waals surface area contributed by atoms with Gasteiger partial charge in [0.25, 0.3) is 0 Å². The molecule has 0 radical (unpaired) electrons. The molecule has 11 heteroatoms. The standard InChI is InChI=1S/C25H27ClN4O5S/c1-16-27-12-22-13-29(25(33)30(16)22)21-6-8-28(9-7-21)24(32)19(14-31)15-36(34,35)23-5-3-17-10-20(26)4-2-18(17)11-23/h2-5,10-12,19,21,31H,6-9,13-15H2,1H3. The highest BCUT2D eigenvalue weighted by atomic mass is 35.5. The number of nitrogens with zero attached hydrogens (tertiary/aromatic N) is 4. The lowest BCUT2D eigenvalue weighted by Gasteiger charge is -2.37. The number of rotatable bonds is 6. The van der Waals surface area contributed by atoms with Crippen LogP contribution in [-0.2, 0) is 21.2 Å². The van der Waals surface area contributed by atoms with E-state index >= 15 is 0 Å². The Morgan fingerprint density at radius 1 is 1.17 bits per heavy atom. The van der Waals surface area contributed by atoms with Crippen LogP contribution in [0.4, 0.5) is 4.79 Å². The van der Waals surface area contributed by atoms with Crippen LogP contribution in [0.5, 0.6) is 0 Å². The number of sulfone groups is 1. The zero-order valence-electron chi connectivity index (χ0n) is 19.8. The number of hydrogen-bond acceptors (Lipinski definition) is 6. The summed E-state index contributed by atoms with van der Waals surface area (Å²) in [7, 11) is -3.82. The monoisotopic (exact) mass is 530 g/mol. The van der Waals surface area contributed by atoms with Gasteiger partial charge < -0.3 is 14.9 Å². The number of hydrogen-bond donors (Lipinski definition) is 1. The highest BCUT2D eigenvalue weighted by Gasteiger charge is 2.38. The van der Waals surface area contributed by atoms with Gasteiger partial charge in [-0.2, -0.15) is 0 Å². The number of imidazole rings is 1. The molecule has 0 saturated carbocycles. The molecule has 9 nitrogen and oxygen atoms in total. The van der Waals surface area contributed by atoms with Crippen molar-refractivity contribution >= 4 is 44.1 Å². The largest absolute Gasteiger partial charge is 0.396 e. The second kappa shape index (κ2) is 9.49. The number of aryl methyl sites for hydroxylation is 1. The van der Waals surface area contributed by atoms with Gasteiger partial charge in [0.2, 0.25) is 5.91 Å². The first-order chi connectivity index (χ1) is 17.2. The maximum absolute atomic E-state index is 13.2. The fraction of sp³-hybridized carbons (Fsp3) is 0.400. The number of halogens is 1. The van der Waals surface area contributed by atoms with Crippen molar-refractivity contribution in [1.82, 2.24) is 19.4 Å². The molecule has 0 spiro atoms.